The summed E-state index contributed by atoms with van der Waals surface area (Å²) < 4.78 is 78.5. The molecule has 10 heteroatoms. The van der Waals surface area contributed by atoms with E-state index >= 15 is 0 Å². The number of H-pyrrole nitrogens is 1. The first-order chi connectivity index (χ1) is 13.5. The van der Waals surface area contributed by atoms with Gasteiger partial charge in [-0.25, -0.2) is 31.0 Å². The topological polar surface area (TPSA) is 86.6 Å². The molecule has 0 radical (unpaired) electrons. The number of rotatable bonds is 4. The fraction of sp³-hybridized carbons (Fsp3) is 0.158. The lowest BCUT2D eigenvalue weighted by atomic mass is 10.0. The van der Waals surface area contributed by atoms with Gasteiger partial charge in [-0.15, -0.1) is 0 Å². The van der Waals surface area contributed by atoms with Gasteiger partial charge in [-0.05, 0) is 36.8 Å². The number of nitrogens with zero attached hydrogens (tertiary/aromatic N) is 2. The highest BCUT2D eigenvalue weighted by molar-refractivity contribution is 7.90. The molecule has 3 aromatic rings. The van der Waals surface area contributed by atoms with Crippen molar-refractivity contribution in [1.29, 1.82) is 5.26 Å². The summed E-state index contributed by atoms with van der Waals surface area (Å²) in [5.41, 5.74) is 0.420. The second-order valence-electron chi connectivity index (χ2n) is 6.32. The van der Waals surface area contributed by atoms with Gasteiger partial charge in [-0.3, -0.25) is 0 Å². The monoisotopic (exact) mass is 423 g/mol. The molecule has 5 nitrogen and oxygen atoms in total. The Labute approximate surface area is 163 Å². The molecule has 1 N–H and O–H groups in total. The second kappa shape index (κ2) is 7.33. The van der Waals surface area contributed by atoms with Crippen molar-refractivity contribution in [3.05, 3.63) is 58.9 Å². The summed E-state index contributed by atoms with van der Waals surface area (Å²) in [4.78, 5) is 5.24. The molecule has 3 rings (SSSR count). The van der Waals surface area contributed by atoms with Gasteiger partial charge in [0.05, 0.1) is 23.0 Å². The highest BCUT2D eigenvalue weighted by atomic mass is 32.2. The van der Waals surface area contributed by atoms with Crippen LogP contribution in [0.1, 0.15) is 23.4 Å². The first-order valence-electron chi connectivity index (χ1n) is 8.11. The van der Waals surface area contributed by atoms with Crippen LogP contribution in [0.25, 0.3) is 22.5 Å². The molecule has 29 heavy (non-hydrogen) atoms. The molecule has 0 amide bonds. The highest BCUT2D eigenvalue weighted by Gasteiger charge is 2.24. The molecule has 0 aliphatic heterocycles. The van der Waals surface area contributed by atoms with Crippen molar-refractivity contribution >= 4 is 9.84 Å². The number of halogens is 4. The molecule has 0 unspecified atom stereocenters. The van der Waals surface area contributed by atoms with E-state index in [-0.39, 0.29) is 11.4 Å². The largest absolute Gasteiger partial charge is 0.337 e. The number of imidazole rings is 1. The first kappa shape index (κ1) is 20.5. The Balaban J connectivity index is 2.27. The maximum absolute atomic E-state index is 14.6. The maximum Gasteiger partial charge on any atom is 0.295 e. The zero-order valence-corrected chi connectivity index (χ0v) is 15.9. The number of sulfone groups is 1. The van der Waals surface area contributed by atoms with E-state index in [1.165, 1.54) is 18.2 Å². The number of hydrogen-bond acceptors (Lipinski definition) is 4. The van der Waals surface area contributed by atoms with Crippen molar-refractivity contribution in [1.82, 2.24) is 9.97 Å². The van der Waals surface area contributed by atoms with Crippen LogP contribution in [-0.2, 0) is 9.84 Å². The molecule has 0 spiro atoms. The summed E-state index contributed by atoms with van der Waals surface area (Å²) in [6.45, 7) is 1.63. The van der Waals surface area contributed by atoms with E-state index in [1.807, 2.05) is 6.07 Å². The number of alkyl halides is 2. The molecule has 1 heterocycles. The summed E-state index contributed by atoms with van der Waals surface area (Å²) in [7, 11) is -4.03. The number of nitrogens with one attached hydrogen (secondary N) is 1. The molecular weight excluding hydrogens is 410 g/mol. The van der Waals surface area contributed by atoms with E-state index in [4.69, 9.17) is 5.26 Å². The van der Waals surface area contributed by atoms with Gasteiger partial charge in [0.1, 0.15) is 16.5 Å². The van der Waals surface area contributed by atoms with E-state index in [2.05, 4.69) is 9.97 Å². The van der Waals surface area contributed by atoms with Crippen LogP contribution in [0.3, 0.4) is 0 Å². The number of aryl methyl sites for hydroxylation is 1. The molecule has 0 fully saturated rings. The van der Waals surface area contributed by atoms with E-state index in [0.29, 0.717) is 28.8 Å². The Morgan fingerprint density at radius 1 is 1.14 bits per heavy atom. The molecule has 0 aliphatic carbocycles. The minimum absolute atomic E-state index is 0.0849. The number of nitriles is 1. The van der Waals surface area contributed by atoms with Crippen LogP contribution in [0.5, 0.6) is 0 Å². The molecule has 0 atom stereocenters. The third-order valence-electron chi connectivity index (χ3n) is 4.24. The average molecular weight is 423 g/mol. The Hall–Kier alpha value is -3.19. The molecule has 1 aromatic heterocycles. The van der Waals surface area contributed by atoms with Gasteiger partial charge in [-0.1, -0.05) is 6.07 Å². The Bertz CT molecular complexity index is 1260. The van der Waals surface area contributed by atoms with Crippen molar-refractivity contribution in [3.8, 4) is 28.6 Å². The standard InChI is InChI=1S/C19H13F4N3O2S/c1-9-5-10(3-4-11(9)8-24)16-17(26-19(25-16)18(22)23)12-6-14(21)15(7-13(12)20)29(2,27)28/h3-7,18H,1-2H3,(H,25,26). The van der Waals surface area contributed by atoms with Gasteiger partial charge in [0, 0.05) is 17.4 Å². The zero-order valence-electron chi connectivity index (χ0n) is 15.1. The number of aromatic nitrogens is 2. The van der Waals surface area contributed by atoms with Crippen molar-refractivity contribution in [2.24, 2.45) is 0 Å². The number of benzene rings is 2. The summed E-state index contributed by atoms with van der Waals surface area (Å²) in [5.74, 6) is -3.11. The van der Waals surface area contributed by atoms with Crippen LogP contribution < -0.4 is 0 Å². The third kappa shape index (κ3) is 3.86. The lowest BCUT2D eigenvalue weighted by Gasteiger charge is -2.08. The van der Waals surface area contributed by atoms with E-state index in [1.54, 1.807) is 6.92 Å². The maximum atomic E-state index is 14.6. The van der Waals surface area contributed by atoms with E-state index < -0.39 is 44.2 Å². The SMILES string of the molecule is Cc1cc(-c2nc(C(F)F)[nH]c2-c2cc(F)c(S(C)(=O)=O)cc2F)ccc1C#N. The fourth-order valence-corrected chi connectivity index (χ4v) is 3.57. The smallest absolute Gasteiger partial charge is 0.295 e. The molecular formula is C19H13F4N3O2S. The quantitative estimate of drug-likeness (QED) is 0.624. The van der Waals surface area contributed by atoms with Gasteiger partial charge in [0.15, 0.2) is 15.7 Å². The Morgan fingerprint density at radius 2 is 1.83 bits per heavy atom. The van der Waals surface area contributed by atoms with Gasteiger partial charge >= 0.3 is 0 Å². The van der Waals surface area contributed by atoms with Gasteiger partial charge in [0.2, 0.25) is 0 Å². The first-order valence-corrected chi connectivity index (χ1v) is 10.0. The summed E-state index contributed by atoms with van der Waals surface area (Å²) >= 11 is 0. The second-order valence-corrected chi connectivity index (χ2v) is 8.31. The predicted molar refractivity (Wildman–Crippen MR) is 96.9 cm³/mol. The van der Waals surface area contributed by atoms with E-state index in [9.17, 15) is 26.0 Å². The molecule has 0 aliphatic rings. The van der Waals surface area contributed by atoms with Crippen LogP contribution in [0, 0.1) is 29.9 Å². The van der Waals surface area contributed by atoms with Crippen molar-refractivity contribution in [2.45, 2.75) is 18.2 Å². The van der Waals surface area contributed by atoms with Gasteiger partial charge in [0.25, 0.3) is 6.43 Å². The van der Waals surface area contributed by atoms with E-state index in [0.717, 1.165) is 6.26 Å². The zero-order chi connectivity index (χ0) is 21.5. The summed E-state index contributed by atoms with van der Waals surface area (Å²) in [5, 5.41) is 9.04. The fourth-order valence-electron chi connectivity index (χ4n) is 2.84. The number of hydrogen-bond donors (Lipinski definition) is 1. The summed E-state index contributed by atoms with van der Waals surface area (Å²) in [6, 6.07) is 7.49. The summed E-state index contributed by atoms with van der Waals surface area (Å²) in [6.07, 6.45) is -2.29. The third-order valence-corrected chi connectivity index (χ3v) is 5.35. The average Bonchev–Trinajstić information content (AvgIpc) is 3.07. The minimum atomic E-state index is -4.03. The number of aromatic amines is 1. The predicted octanol–water partition coefficient (Wildman–Crippen LogP) is 4.54. The molecule has 0 saturated heterocycles. The van der Waals surface area contributed by atoms with Crippen molar-refractivity contribution < 1.29 is 26.0 Å². The Kier molecular flexibility index (Phi) is 5.19. The van der Waals surface area contributed by atoms with Crippen molar-refractivity contribution in [2.75, 3.05) is 6.26 Å². The van der Waals surface area contributed by atoms with Crippen LogP contribution in [0.15, 0.2) is 35.2 Å². The van der Waals surface area contributed by atoms with Crippen molar-refractivity contribution in [3.63, 3.8) is 0 Å². The lowest BCUT2D eigenvalue weighted by molar-refractivity contribution is 0.141. The minimum Gasteiger partial charge on any atom is -0.337 e. The molecule has 2 aromatic carbocycles. The normalized spacial score (nSPS) is 11.7. The van der Waals surface area contributed by atoms with Gasteiger partial charge in [-0.2, -0.15) is 5.26 Å². The van der Waals surface area contributed by atoms with Crippen LogP contribution in [0.4, 0.5) is 17.6 Å². The van der Waals surface area contributed by atoms with Gasteiger partial charge < -0.3 is 4.98 Å². The van der Waals surface area contributed by atoms with Crippen LogP contribution in [-0.4, -0.2) is 24.6 Å². The lowest BCUT2D eigenvalue weighted by Crippen LogP contribution is -2.03. The Morgan fingerprint density at radius 3 is 2.38 bits per heavy atom. The van der Waals surface area contributed by atoms with Crippen LogP contribution >= 0.6 is 0 Å². The molecule has 0 bridgehead atoms. The molecule has 0 saturated carbocycles. The van der Waals surface area contributed by atoms with Crippen LogP contribution in [0.2, 0.25) is 0 Å². The molecule has 150 valence electrons. The highest BCUT2D eigenvalue weighted by Crippen LogP contribution is 2.36.